The Labute approximate surface area is 517 Å². The predicted octanol–water partition coefficient (Wildman–Crippen LogP) is -2.09. The average Bonchev–Trinajstić information content (AvgIpc) is 4.44. The van der Waals surface area contributed by atoms with Crippen LogP contribution in [0.4, 0.5) is 0 Å². The van der Waals surface area contributed by atoms with E-state index in [9.17, 15) is 52.7 Å². The van der Waals surface area contributed by atoms with Gasteiger partial charge in [0.2, 0.25) is 23.0 Å². The quantitative estimate of drug-likeness (QED) is 0.0179. The number of nitrogens with two attached hydrogens (primary N) is 2. The summed E-state index contributed by atoms with van der Waals surface area (Å²) >= 11 is 4.64. The van der Waals surface area contributed by atoms with Gasteiger partial charge in [-0.3, -0.25) is 53.2 Å². The SMILES string of the molecule is CC(=O)Cl.CC(=O)O.CCCCCC(=O)N[C@@H]1COC[C@@H]1C(=O)NO.CO.CO.COC(=O)C1=C(N)COC1.COC(=O)C1=C(NC(C)=O)COC1.COC(=O)C1COCC1=O.COC(=O)[C@H]1COC[C@H]1N.COC(=O)[C@H]1COC[C@H]1NC(C)=O.Cl.N.[HH]. The number of esters is 5. The molecule has 6 aliphatic heterocycles. The maximum Gasteiger partial charge on any atom is 0.337 e. The van der Waals surface area contributed by atoms with Crippen molar-refractivity contribution >= 4 is 94.5 Å². The van der Waals surface area contributed by atoms with Gasteiger partial charge in [0.25, 0.3) is 11.9 Å². The zero-order valence-electron chi connectivity index (χ0n) is 51.2. The lowest BCUT2D eigenvalue weighted by Gasteiger charge is -2.17. The molecule has 4 fully saturated rings. The second-order valence-corrected chi connectivity index (χ2v) is 17.7. The number of aliphatic carboxylic acids is 1. The number of carboxylic acids is 1. The fraction of sp³-hybridized carbons (Fsp3) is 0.686. The number of Topliss-reactive ketones (excluding diaryl/α,β-unsaturated/α-hetero) is 1. The average molecular weight is 1310 g/mol. The summed E-state index contributed by atoms with van der Waals surface area (Å²) in [6, 6.07) is -0.770. The molecule has 0 aromatic carbocycles. The number of nitrogens with one attached hydrogen (secondary N) is 4. The van der Waals surface area contributed by atoms with Gasteiger partial charge < -0.3 is 101 Å². The predicted molar refractivity (Wildman–Crippen MR) is 308 cm³/mol. The number of ketones is 1. The van der Waals surface area contributed by atoms with Crippen molar-refractivity contribution < 1.29 is 132 Å². The Kier molecular flexibility index (Phi) is 59.0. The Balaban J connectivity index is -0.000000173. The molecule has 6 heterocycles. The van der Waals surface area contributed by atoms with E-state index in [1.54, 1.807) is 5.48 Å². The van der Waals surface area contributed by atoms with Gasteiger partial charge in [-0.2, -0.15) is 0 Å². The number of unbranched alkanes of at least 4 members (excludes halogenated alkanes) is 2. The van der Waals surface area contributed by atoms with Crippen LogP contribution in [0.5, 0.6) is 0 Å². The van der Waals surface area contributed by atoms with Gasteiger partial charge in [-0.25, -0.2) is 15.1 Å². The van der Waals surface area contributed by atoms with Crippen LogP contribution in [0.15, 0.2) is 22.5 Å². The molecule has 87 heavy (non-hydrogen) atoms. The molecule has 0 aromatic heterocycles. The fourth-order valence-electron chi connectivity index (χ4n) is 6.79. The van der Waals surface area contributed by atoms with Gasteiger partial charge in [0, 0.05) is 61.5 Å². The molecule has 7 atom stereocenters. The van der Waals surface area contributed by atoms with Crippen molar-refractivity contribution in [3.8, 4) is 0 Å². The Morgan fingerprint density at radius 2 is 1.05 bits per heavy atom. The number of hydroxylamine groups is 1. The summed E-state index contributed by atoms with van der Waals surface area (Å²) in [6.45, 7) is 10.6. The Morgan fingerprint density at radius 1 is 0.598 bits per heavy atom. The van der Waals surface area contributed by atoms with E-state index in [0.717, 1.165) is 40.4 Å². The first-order valence-electron chi connectivity index (χ1n) is 25.6. The summed E-state index contributed by atoms with van der Waals surface area (Å²) in [5.74, 6) is -5.75. The number of methoxy groups -OCH3 is 5. The first-order chi connectivity index (χ1) is 40.2. The lowest BCUT2D eigenvalue weighted by Crippen LogP contribution is -2.45. The van der Waals surface area contributed by atoms with Crippen LogP contribution in [-0.4, -0.2) is 238 Å². The molecule has 6 rings (SSSR count). The molecule has 0 aromatic rings. The zero-order chi connectivity index (χ0) is 66.2. The van der Waals surface area contributed by atoms with Crippen molar-refractivity contribution in [2.45, 2.75) is 78.4 Å². The molecule has 508 valence electrons. The van der Waals surface area contributed by atoms with Crippen LogP contribution in [0.1, 0.15) is 61.7 Å². The molecule has 6 aliphatic rings. The van der Waals surface area contributed by atoms with E-state index in [-0.39, 0.29) is 130 Å². The Hall–Kier alpha value is -6.54. The molecule has 0 bridgehead atoms. The topological polar surface area (TPSA) is 522 Å². The van der Waals surface area contributed by atoms with E-state index in [2.05, 4.69) is 58.2 Å². The van der Waals surface area contributed by atoms with Crippen LogP contribution in [0.3, 0.4) is 0 Å². The zero-order valence-corrected chi connectivity index (χ0v) is 52.8. The molecule has 0 saturated carbocycles. The maximum atomic E-state index is 11.6. The third kappa shape index (κ3) is 42.1. The third-order valence-corrected chi connectivity index (χ3v) is 10.8. The van der Waals surface area contributed by atoms with Crippen LogP contribution in [-0.2, 0) is 110 Å². The molecule has 4 saturated heterocycles. The first-order valence-corrected chi connectivity index (χ1v) is 26.0. The molecule has 15 N–H and O–H groups in total. The number of aliphatic hydroxyl groups excluding tert-OH is 2. The highest BCUT2D eigenvalue weighted by atomic mass is 35.5. The van der Waals surface area contributed by atoms with Crippen molar-refractivity contribution in [2.24, 2.45) is 35.1 Å². The van der Waals surface area contributed by atoms with Gasteiger partial charge in [-0.05, 0) is 18.0 Å². The minimum Gasteiger partial charge on any atom is -0.481 e. The fourth-order valence-corrected chi connectivity index (χ4v) is 6.79. The van der Waals surface area contributed by atoms with Crippen LogP contribution in [0.2, 0.25) is 0 Å². The second-order valence-electron chi connectivity index (χ2n) is 17.2. The van der Waals surface area contributed by atoms with E-state index >= 15 is 0 Å². The van der Waals surface area contributed by atoms with Gasteiger partial charge in [0.05, 0.1) is 149 Å². The number of rotatable bonds is 13. The van der Waals surface area contributed by atoms with Gasteiger partial charge in [0.15, 0.2) is 5.78 Å². The Bertz CT molecular complexity index is 2140. The molecule has 1 unspecified atom stereocenters. The number of carbonyl (C=O) groups is 12. The van der Waals surface area contributed by atoms with Crippen LogP contribution >= 0.6 is 24.0 Å². The van der Waals surface area contributed by atoms with Crippen molar-refractivity contribution in [1.82, 2.24) is 27.6 Å². The largest absolute Gasteiger partial charge is 0.481 e. The standard InChI is InChI=1S/C11H20N2O4.C8H13NO4.C8H11NO4.C6H11NO3.C6H9NO3.C6H8O4.C2H3ClO.C2H4O2.2CH4O.ClH.H3N.H2/c1-2-3-4-5-10(14)12-9-7-17-6-8(9)11(15)13-16;2*1-5(10)9-7-4-13-3-6(7)8(11)12-2;3*1-9-6(8)4-2-10-3-5(4)7;2*1-2(3)4;2*1-2;;;/h8-9,16H,2-7H2,1H3,(H,12,14)(H,13,15);6-7H,3-4H2,1-2H3,(H,9,10);3-4H2,1-2H3,(H,9,10);4-5H,2-3,7H2,1H3;2-3,7H2,1H3;4H,2-3H2,1H3;1H3;1H3,(H,3,4);2*2H,1H3;1H;1H3;1H/t8-,9+;6-,7+;;4-,5+;;;;;;;;;/m00.0........./s1. The first kappa shape index (κ1) is 91.6. The molecule has 0 spiro atoms. The molecular weight excluding hydrogens is 1210 g/mol. The third-order valence-electron chi connectivity index (χ3n) is 10.8. The van der Waals surface area contributed by atoms with Gasteiger partial charge in [-0.1, -0.05) is 19.8 Å². The van der Waals surface area contributed by atoms with Crippen LogP contribution in [0, 0.1) is 23.7 Å². The van der Waals surface area contributed by atoms with E-state index in [1.807, 2.05) is 0 Å². The molecule has 0 radical (unpaired) electrons. The van der Waals surface area contributed by atoms with Gasteiger partial charge in [-0.15, -0.1) is 12.4 Å². The maximum absolute atomic E-state index is 11.6. The number of hydrogen-bond donors (Lipinski definition) is 11. The molecule has 36 heteroatoms. The normalized spacial score (nSPS) is 20.3. The minimum atomic E-state index is -0.833. The number of ether oxygens (including phenoxy) is 11. The van der Waals surface area contributed by atoms with Crippen LogP contribution in [0.25, 0.3) is 0 Å². The lowest BCUT2D eigenvalue weighted by atomic mass is 10.0. The summed E-state index contributed by atoms with van der Waals surface area (Å²) < 4.78 is 52.2. The summed E-state index contributed by atoms with van der Waals surface area (Å²) in [6.07, 6.45) is 3.41. The lowest BCUT2D eigenvalue weighted by molar-refractivity contribution is -0.148. The molecule has 34 nitrogen and oxygen atoms in total. The smallest absolute Gasteiger partial charge is 0.337 e. The highest BCUT2D eigenvalue weighted by molar-refractivity contribution is 6.62. The van der Waals surface area contributed by atoms with E-state index in [4.69, 9.17) is 65.2 Å². The van der Waals surface area contributed by atoms with E-state index in [0.29, 0.717) is 68.6 Å². The van der Waals surface area contributed by atoms with Crippen molar-refractivity contribution in [3.63, 3.8) is 0 Å². The van der Waals surface area contributed by atoms with E-state index < -0.39 is 41.6 Å². The Morgan fingerprint density at radius 3 is 1.45 bits per heavy atom. The number of halogens is 2. The van der Waals surface area contributed by atoms with Gasteiger partial charge in [0.1, 0.15) is 18.4 Å². The molecule has 4 amide bonds. The number of amides is 4. The number of aliphatic hydroxyl groups is 2. The number of carboxylic acid groups (broad SMARTS) is 1. The van der Waals surface area contributed by atoms with Gasteiger partial charge >= 0.3 is 29.8 Å². The van der Waals surface area contributed by atoms with Crippen LogP contribution < -0.4 is 39.0 Å². The summed E-state index contributed by atoms with van der Waals surface area (Å²) in [5.41, 5.74) is 14.3. The molecular formula is C51H93Cl2N7O27. The monoisotopic (exact) mass is 1310 g/mol. The highest BCUT2D eigenvalue weighted by Gasteiger charge is 2.37. The summed E-state index contributed by atoms with van der Waals surface area (Å²) in [7, 11) is 8.55. The summed E-state index contributed by atoms with van der Waals surface area (Å²) in [5, 5.41) is 37.5. The minimum absolute atomic E-state index is 0. The molecule has 0 aliphatic carbocycles. The summed E-state index contributed by atoms with van der Waals surface area (Å²) in [4.78, 5) is 128. The van der Waals surface area contributed by atoms with Crippen molar-refractivity contribution in [2.75, 3.05) is 129 Å². The van der Waals surface area contributed by atoms with E-state index in [1.165, 1.54) is 56.3 Å². The number of carbonyl (C=O) groups excluding carboxylic acids is 11. The second kappa shape index (κ2) is 56.0. The van der Waals surface area contributed by atoms with Crippen molar-refractivity contribution in [1.29, 1.82) is 0 Å². The number of hydrogen-bond acceptors (Lipinski definition) is 29. The van der Waals surface area contributed by atoms with Crippen molar-refractivity contribution in [3.05, 3.63) is 22.5 Å². The highest BCUT2D eigenvalue weighted by Crippen LogP contribution is 2.17.